The summed E-state index contributed by atoms with van der Waals surface area (Å²) in [5.74, 6) is -0.434. The van der Waals surface area contributed by atoms with E-state index in [0.29, 0.717) is 16.4 Å². The van der Waals surface area contributed by atoms with Crippen LogP contribution in [0.15, 0.2) is 36.4 Å². The first-order valence-electron chi connectivity index (χ1n) is 7.69. The van der Waals surface area contributed by atoms with Crippen molar-refractivity contribution in [3.63, 3.8) is 0 Å². The maximum absolute atomic E-state index is 12.4. The Morgan fingerprint density at radius 1 is 1.16 bits per heavy atom. The number of hydrogen-bond acceptors (Lipinski definition) is 3. The maximum Gasteiger partial charge on any atom is 0.245 e. The normalized spacial score (nSPS) is 11.2. The Bertz CT molecular complexity index is 911. The molecule has 0 atom stereocenters. The molecule has 7 heteroatoms. The fourth-order valence-corrected chi connectivity index (χ4v) is 3.51. The molecule has 0 heterocycles. The molecule has 0 spiro atoms. The Morgan fingerprint density at radius 3 is 2.48 bits per heavy atom. The number of rotatable bonds is 5. The number of anilines is 2. The summed E-state index contributed by atoms with van der Waals surface area (Å²) in [5.41, 5.74) is 3.49. The van der Waals surface area contributed by atoms with Gasteiger partial charge in [0.1, 0.15) is 6.54 Å². The molecule has 0 saturated heterocycles. The summed E-state index contributed by atoms with van der Waals surface area (Å²) in [6.07, 6.45) is 1.09. The molecule has 0 aliphatic carbocycles. The highest BCUT2D eigenvalue weighted by molar-refractivity contribution is 7.92. The molecule has 0 bridgehead atoms. The van der Waals surface area contributed by atoms with Crippen molar-refractivity contribution in [3.8, 4) is 0 Å². The van der Waals surface area contributed by atoms with Gasteiger partial charge in [0.2, 0.25) is 15.9 Å². The third-order valence-corrected chi connectivity index (χ3v) is 5.40. The zero-order valence-electron chi connectivity index (χ0n) is 14.6. The smallest absolute Gasteiger partial charge is 0.245 e. The van der Waals surface area contributed by atoms with Crippen molar-refractivity contribution in [1.29, 1.82) is 0 Å². The zero-order chi connectivity index (χ0) is 18.8. The minimum absolute atomic E-state index is 0.310. The van der Waals surface area contributed by atoms with E-state index in [-0.39, 0.29) is 6.54 Å². The standard InChI is InChI=1S/C18H21ClN2O3S/c1-12-8-9-13(2)17(10-12)21(25(4,23)24)11-18(22)20-16-7-5-6-15(19)14(16)3/h5-10H,11H2,1-4H3,(H,20,22). The molecule has 0 aliphatic heterocycles. The van der Waals surface area contributed by atoms with Crippen LogP contribution in [0.2, 0.25) is 5.02 Å². The SMILES string of the molecule is Cc1ccc(C)c(N(CC(=O)Nc2cccc(Cl)c2C)S(C)(=O)=O)c1. The number of halogens is 1. The lowest BCUT2D eigenvalue weighted by molar-refractivity contribution is -0.114. The lowest BCUT2D eigenvalue weighted by Gasteiger charge is -2.24. The minimum atomic E-state index is -3.62. The molecule has 0 aromatic heterocycles. The fourth-order valence-electron chi connectivity index (χ4n) is 2.43. The van der Waals surface area contributed by atoms with E-state index in [1.165, 1.54) is 0 Å². The highest BCUT2D eigenvalue weighted by atomic mass is 35.5. The highest BCUT2D eigenvalue weighted by Crippen LogP contribution is 2.25. The van der Waals surface area contributed by atoms with Crippen molar-refractivity contribution in [2.24, 2.45) is 0 Å². The van der Waals surface area contributed by atoms with Crippen LogP contribution < -0.4 is 9.62 Å². The van der Waals surface area contributed by atoms with Gasteiger partial charge in [0, 0.05) is 10.7 Å². The van der Waals surface area contributed by atoms with Crippen molar-refractivity contribution < 1.29 is 13.2 Å². The quantitative estimate of drug-likeness (QED) is 0.860. The van der Waals surface area contributed by atoms with Gasteiger partial charge in [-0.05, 0) is 55.7 Å². The highest BCUT2D eigenvalue weighted by Gasteiger charge is 2.23. The number of carbonyl (C=O) groups excluding carboxylic acids is 1. The summed E-state index contributed by atoms with van der Waals surface area (Å²) in [6.45, 7) is 5.16. The molecule has 0 fully saturated rings. The largest absolute Gasteiger partial charge is 0.324 e. The molecular formula is C18H21ClN2O3S. The van der Waals surface area contributed by atoms with Crippen LogP contribution in [0, 0.1) is 20.8 Å². The summed E-state index contributed by atoms with van der Waals surface area (Å²) in [7, 11) is -3.62. The van der Waals surface area contributed by atoms with E-state index >= 15 is 0 Å². The average Bonchev–Trinajstić information content (AvgIpc) is 2.51. The number of carbonyl (C=O) groups is 1. The van der Waals surface area contributed by atoms with Crippen LogP contribution in [0.5, 0.6) is 0 Å². The Balaban J connectivity index is 2.30. The molecule has 5 nitrogen and oxygen atoms in total. The van der Waals surface area contributed by atoms with Gasteiger partial charge < -0.3 is 5.32 Å². The van der Waals surface area contributed by atoms with Crippen molar-refractivity contribution in [2.75, 3.05) is 22.4 Å². The topological polar surface area (TPSA) is 66.5 Å². The Morgan fingerprint density at radius 2 is 1.84 bits per heavy atom. The molecular weight excluding hydrogens is 360 g/mol. The fraction of sp³-hybridized carbons (Fsp3) is 0.278. The second kappa shape index (κ2) is 7.45. The van der Waals surface area contributed by atoms with Gasteiger partial charge in [-0.3, -0.25) is 9.10 Å². The molecule has 0 unspecified atom stereocenters. The number of amides is 1. The number of nitrogens with zero attached hydrogens (tertiary/aromatic N) is 1. The monoisotopic (exact) mass is 380 g/mol. The first-order chi connectivity index (χ1) is 11.6. The van der Waals surface area contributed by atoms with Crippen LogP contribution in [0.4, 0.5) is 11.4 Å². The predicted octanol–water partition coefficient (Wildman–Crippen LogP) is 3.67. The Kier molecular flexibility index (Phi) is 5.75. The van der Waals surface area contributed by atoms with Crippen molar-refractivity contribution in [3.05, 3.63) is 58.1 Å². The van der Waals surface area contributed by atoms with Gasteiger partial charge >= 0.3 is 0 Å². The molecule has 1 N–H and O–H groups in total. The second-order valence-corrected chi connectivity index (χ2v) is 8.33. The van der Waals surface area contributed by atoms with E-state index in [1.807, 2.05) is 26.0 Å². The van der Waals surface area contributed by atoms with E-state index < -0.39 is 15.9 Å². The van der Waals surface area contributed by atoms with E-state index in [9.17, 15) is 13.2 Å². The van der Waals surface area contributed by atoms with Gasteiger partial charge in [0.25, 0.3) is 0 Å². The van der Waals surface area contributed by atoms with Gasteiger partial charge in [-0.2, -0.15) is 0 Å². The van der Waals surface area contributed by atoms with Crippen LogP contribution in [0.1, 0.15) is 16.7 Å². The van der Waals surface area contributed by atoms with Gasteiger partial charge in [0.05, 0.1) is 11.9 Å². The predicted molar refractivity (Wildman–Crippen MR) is 103 cm³/mol. The molecule has 0 saturated carbocycles. The molecule has 2 rings (SSSR count). The molecule has 2 aromatic carbocycles. The summed E-state index contributed by atoms with van der Waals surface area (Å²) in [5, 5.41) is 3.26. The van der Waals surface area contributed by atoms with Gasteiger partial charge in [-0.15, -0.1) is 0 Å². The molecule has 2 aromatic rings. The van der Waals surface area contributed by atoms with Crippen molar-refractivity contribution in [2.45, 2.75) is 20.8 Å². The van der Waals surface area contributed by atoms with Gasteiger partial charge in [0.15, 0.2) is 0 Å². The zero-order valence-corrected chi connectivity index (χ0v) is 16.2. The second-order valence-electron chi connectivity index (χ2n) is 6.02. The van der Waals surface area contributed by atoms with Crippen LogP contribution in [0.3, 0.4) is 0 Å². The van der Waals surface area contributed by atoms with Crippen LogP contribution in [-0.4, -0.2) is 27.1 Å². The minimum Gasteiger partial charge on any atom is -0.324 e. The third-order valence-electron chi connectivity index (χ3n) is 3.86. The van der Waals surface area contributed by atoms with Gasteiger partial charge in [-0.1, -0.05) is 29.8 Å². The molecule has 0 aliphatic rings. The number of nitrogens with one attached hydrogen (secondary N) is 1. The van der Waals surface area contributed by atoms with E-state index in [4.69, 9.17) is 11.6 Å². The molecule has 1 amide bonds. The van der Waals surface area contributed by atoms with Crippen molar-refractivity contribution in [1.82, 2.24) is 0 Å². The van der Waals surface area contributed by atoms with Crippen molar-refractivity contribution >= 4 is 38.9 Å². The number of hydrogen-bond donors (Lipinski definition) is 1. The van der Waals surface area contributed by atoms with E-state index in [1.54, 1.807) is 31.2 Å². The third kappa shape index (κ3) is 4.74. The molecule has 25 heavy (non-hydrogen) atoms. The molecule has 0 radical (unpaired) electrons. The van der Waals surface area contributed by atoms with Crippen LogP contribution in [0.25, 0.3) is 0 Å². The number of aryl methyl sites for hydroxylation is 2. The maximum atomic E-state index is 12.4. The summed E-state index contributed by atoms with van der Waals surface area (Å²) in [4.78, 5) is 12.4. The van der Waals surface area contributed by atoms with Crippen LogP contribution >= 0.6 is 11.6 Å². The molecule has 134 valence electrons. The summed E-state index contributed by atoms with van der Waals surface area (Å²) in [6, 6.07) is 10.7. The lowest BCUT2D eigenvalue weighted by Crippen LogP contribution is -2.38. The number of benzene rings is 2. The van der Waals surface area contributed by atoms with E-state index in [0.717, 1.165) is 27.3 Å². The van der Waals surface area contributed by atoms with E-state index in [2.05, 4.69) is 5.32 Å². The Labute approximate surface area is 153 Å². The Hall–Kier alpha value is -2.05. The first kappa shape index (κ1) is 19.3. The lowest BCUT2D eigenvalue weighted by atomic mass is 10.1. The number of sulfonamides is 1. The first-order valence-corrected chi connectivity index (χ1v) is 9.92. The summed E-state index contributed by atoms with van der Waals surface area (Å²) < 4.78 is 25.6. The van der Waals surface area contributed by atoms with Crippen LogP contribution in [-0.2, 0) is 14.8 Å². The average molecular weight is 381 g/mol. The van der Waals surface area contributed by atoms with Gasteiger partial charge in [-0.25, -0.2) is 8.42 Å². The summed E-state index contributed by atoms with van der Waals surface area (Å²) >= 11 is 6.05.